The molecule has 0 aliphatic heterocycles. The first-order chi connectivity index (χ1) is 10.7. The Bertz CT molecular complexity index is 609. The van der Waals surface area contributed by atoms with Gasteiger partial charge in [-0.15, -0.1) is 0 Å². The molecule has 0 heterocycles. The molecule has 0 saturated heterocycles. The summed E-state index contributed by atoms with van der Waals surface area (Å²) in [4.78, 5) is 12.1. The zero-order valence-electron chi connectivity index (χ0n) is 14.7. The third-order valence-electron chi connectivity index (χ3n) is 3.82. The van der Waals surface area contributed by atoms with Gasteiger partial charge in [-0.1, -0.05) is 32.9 Å². The van der Waals surface area contributed by atoms with Crippen LogP contribution in [0.25, 0.3) is 0 Å². The van der Waals surface area contributed by atoms with E-state index in [4.69, 9.17) is 0 Å². The molecule has 1 aromatic rings. The minimum absolute atomic E-state index is 0.0151. The molecule has 0 bridgehead atoms. The number of carbonyl (C=O) groups is 1. The summed E-state index contributed by atoms with van der Waals surface area (Å²) in [5, 5.41) is 2.72. The van der Waals surface area contributed by atoms with E-state index in [1.54, 1.807) is 19.1 Å². The molecule has 1 atom stereocenters. The second-order valence-corrected chi connectivity index (χ2v) is 7.97. The molecule has 0 radical (unpaired) electrons. The number of nitrogens with zero attached hydrogens (tertiary/aromatic N) is 1. The van der Waals surface area contributed by atoms with E-state index < -0.39 is 10.0 Å². The molecule has 1 rings (SSSR count). The number of likely N-dealkylation sites (N-methyl/N-ethyl adjacent to an activating group) is 1. The Morgan fingerprint density at radius 1 is 1.13 bits per heavy atom. The Hall–Kier alpha value is -1.40. The third-order valence-corrected chi connectivity index (χ3v) is 5.76. The maximum atomic E-state index is 12.7. The topological polar surface area (TPSA) is 66.5 Å². The van der Waals surface area contributed by atoms with E-state index in [9.17, 15) is 13.2 Å². The summed E-state index contributed by atoms with van der Waals surface area (Å²) in [6.45, 7) is 9.71. The molecule has 1 aromatic carbocycles. The van der Waals surface area contributed by atoms with Crippen LogP contribution in [0.1, 0.15) is 52.5 Å². The van der Waals surface area contributed by atoms with Gasteiger partial charge in [0.1, 0.15) is 0 Å². The summed E-state index contributed by atoms with van der Waals surface area (Å²) in [5.74, 6) is 0.104. The SMILES string of the molecule is CCC(C)c1ccc(S(=O)(=O)N(CC)CC(=O)NC(C)C)cc1. The summed E-state index contributed by atoms with van der Waals surface area (Å²) in [6, 6.07) is 6.94. The number of carbonyl (C=O) groups excluding carboxylic acids is 1. The molecule has 1 amide bonds. The zero-order valence-corrected chi connectivity index (χ0v) is 15.5. The van der Waals surface area contributed by atoms with Crippen LogP contribution in [0.2, 0.25) is 0 Å². The van der Waals surface area contributed by atoms with E-state index in [-0.39, 0.29) is 29.9 Å². The second-order valence-electron chi connectivity index (χ2n) is 6.03. The molecule has 1 N–H and O–H groups in total. The Kier molecular flexibility index (Phi) is 7.22. The number of rotatable bonds is 8. The van der Waals surface area contributed by atoms with Crippen LogP contribution in [0.5, 0.6) is 0 Å². The molecular formula is C17H28N2O3S. The summed E-state index contributed by atoms with van der Waals surface area (Å²) in [7, 11) is -3.66. The third kappa shape index (κ3) is 5.32. The van der Waals surface area contributed by atoms with Crippen LogP contribution in [0, 0.1) is 0 Å². The first kappa shape index (κ1) is 19.6. The summed E-state index contributed by atoms with van der Waals surface area (Å²) >= 11 is 0. The zero-order chi connectivity index (χ0) is 17.6. The first-order valence-corrected chi connectivity index (χ1v) is 9.55. The van der Waals surface area contributed by atoms with Crippen LogP contribution < -0.4 is 5.32 Å². The molecule has 6 heteroatoms. The molecule has 0 aromatic heterocycles. The predicted molar refractivity (Wildman–Crippen MR) is 92.9 cm³/mol. The highest BCUT2D eigenvalue weighted by molar-refractivity contribution is 7.89. The molecule has 130 valence electrons. The Labute approximate surface area is 140 Å². The normalized spacial score (nSPS) is 13.3. The average Bonchev–Trinajstić information content (AvgIpc) is 2.51. The van der Waals surface area contributed by atoms with Crippen molar-refractivity contribution in [2.24, 2.45) is 0 Å². The summed E-state index contributed by atoms with van der Waals surface area (Å²) in [5.41, 5.74) is 1.12. The lowest BCUT2D eigenvalue weighted by Crippen LogP contribution is -2.42. The predicted octanol–water partition coefficient (Wildman–Crippen LogP) is 2.74. The van der Waals surface area contributed by atoms with E-state index in [1.807, 2.05) is 26.0 Å². The molecule has 5 nitrogen and oxygen atoms in total. The fourth-order valence-electron chi connectivity index (χ4n) is 2.25. The van der Waals surface area contributed by atoms with Crippen molar-refractivity contribution in [2.75, 3.05) is 13.1 Å². The van der Waals surface area contributed by atoms with Crippen molar-refractivity contribution in [3.63, 3.8) is 0 Å². The van der Waals surface area contributed by atoms with Crippen LogP contribution in [0.4, 0.5) is 0 Å². The van der Waals surface area contributed by atoms with Crippen molar-refractivity contribution in [1.29, 1.82) is 0 Å². The fourth-order valence-corrected chi connectivity index (χ4v) is 3.65. The van der Waals surface area contributed by atoms with Crippen molar-refractivity contribution < 1.29 is 13.2 Å². The van der Waals surface area contributed by atoms with Gasteiger partial charge in [-0.3, -0.25) is 4.79 Å². The molecule has 0 fully saturated rings. The Morgan fingerprint density at radius 2 is 1.70 bits per heavy atom. The summed E-state index contributed by atoms with van der Waals surface area (Å²) < 4.78 is 26.6. The molecule has 1 unspecified atom stereocenters. The average molecular weight is 340 g/mol. The van der Waals surface area contributed by atoms with Crippen LogP contribution in [-0.4, -0.2) is 37.8 Å². The Balaban J connectivity index is 2.96. The highest BCUT2D eigenvalue weighted by Gasteiger charge is 2.25. The lowest BCUT2D eigenvalue weighted by Gasteiger charge is -2.21. The quantitative estimate of drug-likeness (QED) is 0.791. The van der Waals surface area contributed by atoms with Gasteiger partial charge in [0.15, 0.2) is 0 Å². The van der Waals surface area contributed by atoms with Crippen molar-refractivity contribution in [3.8, 4) is 0 Å². The van der Waals surface area contributed by atoms with Gasteiger partial charge in [0, 0.05) is 12.6 Å². The van der Waals surface area contributed by atoms with E-state index >= 15 is 0 Å². The second kappa shape index (κ2) is 8.45. The molecule has 23 heavy (non-hydrogen) atoms. The van der Waals surface area contributed by atoms with Crippen molar-refractivity contribution >= 4 is 15.9 Å². The number of sulfonamides is 1. The largest absolute Gasteiger partial charge is 0.353 e. The van der Waals surface area contributed by atoms with Crippen LogP contribution in [0.3, 0.4) is 0 Å². The van der Waals surface area contributed by atoms with Gasteiger partial charge in [0.25, 0.3) is 0 Å². The monoisotopic (exact) mass is 340 g/mol. The molecule has 0 aliphatic carbocycles. The lowest BCUT2D eigenvalue weighted by molar-refractivity contribution is -0.121. The van der Waals surface area contributed by atoms with Gasteiger partial charge in [-0.2, -0.15) is 4.31 Å². The van der Waals surface area contributed by atoms with Gasteiger partial charge in [0.05, 0.1) is 11.4 Å². The van der Waals surface area contributed by atoms with Gasteiger partial charge in [-0.25, -0.2) is 8.42 Å². The first-order valence-electron chi connectivity index (χ1n) is 8.11. The number of nitrogens with one attached hydrogen (secondary N) is 1. The highest BCUT2D eigenvalue weighted by Crippen LogP contribution is 2.22. The molecule has 0 spiro atoms. The van der Waals surface area contributed by atoms with Crippen LogP contribution in [0.15, 0.2) is 29.2 Å². The van der Waals surface area contributed by atoms with E-state index in [2.05, 4.69) is 19.2 Å². The van der Waals surface area contributed by atoms with Crippen molar-refractivity contribution in [2.45, 2.75) is 57.9 Å². The lowest BCUT2D eigenvalue weighted by atomic mass is 9.99. The summed E-state index contributed by atoms with van der Waals surface area (Å²) in [6.07, 6.45) is 1.00. The minimum Gasteiger partial charge on any atom is -0.353 e. The van der Waals surface area contributed by atoms with Crippen molar-refractivity contribution in [1.82, 2.24) is 9.62 Å². The maximum Gasteiger partial charge on any atom is 0.243 e. The van der Waals surface area contributed by atoms with E-state index in [0.717, 1.165) is 12.0 Å². The smallest absolute Gasteiger partial charge is 0.243 e. The molecule has 0 aliphatic rings. The molecule has 0 saturated carbocycles. The number of benzene rings is 1. The number of amides is 1. The maximum absolute atomic E-state index is 12.7. The van der Waals surface area contributed by atoms with Gasteiger partial charge >= 0.3 is 0 Å². The Morgan fingerprint density at radius 3 is 2.13 bits per heavy atom. The van der Waals surface area contributed by atoms with Crippen LogP contribution >= 0.6 is 0 Å². The fraction of sp³-hybridized carbons (Fsp3) is 0.588. The van der Waals surface area contributed by atoms with Crippen LogP contribution in [-0.2, 0) is 14.8 Å². The van der Waals surface area contributed by atoms with E-state index in [0.29, 0.717) is 5.92 Å². The highest BCUT2D eigenvalue weighted by atomic mass is 32.2. The van der Waals surface area contributed by atoms with Crippen molar-refractivity contribution in [3.05, 3.63) is 29.8 Å². The minimum atomic E-state index is -3.66. The van der Waals surface area contributed by atoms with E-state index in [1.165, 1.54) is 4.31 Å². The van der Waals surface area contributed by atoms with Gasteiger partial charge in [-0.05, 0) is 43.9 Å². The number of hydrogen-bond acceptors (Lipinski definition) is 3. The standard InChI is InChI=1S/C17H28N2O3S/c1-6-14(5)15-8-10-16(11-9-15)23(21,22)19(7-2)12-17(20)18-13(3)4/h8-11,13-14H,6-7,12H2,1-5H3,(H,18,20). The van der Waals surface area contributed by atoms with Gasteiger partial charge < -0.3 is 5.32 Å². The van der Waals surface area contributed by atoms with Gasteiger partial charge in [0.2, 0.25) is 15.9 Å². The molecular weight excluding hydrogens is 312 g/mol. The number of hydrogen-bond donors (Lipinski definition) is 1.